The Kier molecular flexibility index (Phi) is 1.36. The predicted octanol–water partition coefficient (Wildman–Crippen LogP) is 0.562. The molecule has 0 aromatic heterocycles. The molecule has 1 aliphatic rings. The van der Waals surface area contributed by atoms with Crippen molar-refractivity contribution < 1.29 is 0 Å². The minimum absolute atomic E-state index is 0.622. The SMILES string of the molecule is NC1=NSCC=C1. The van der Waals surface area contributed by atoms with Crippen LogP contribution >= 0.6 is 11.9 Å². The maximum absolute atomic E-state index is 5.28. The molecule has 0 aromatic carbocycles. The van der Waals surface area contributed by atoms with Crippen molar-refractivity contribution in [2.75, 3.05) is 5.75 Å². The lowest BCUT2D eigenvalue weighted by Gasteiger charge is -1.95. The summed E-state index contributed by atoms with van der Waals surface area (Å²) < 4.78 is 3.85. The lowest BCUT2D eigenvalue weighted by atomic mass is 10.5. The second-order valence-corrected chi connectivity index (χ2v) is 1.99. The first-order valence-corrected chi connectivity index (χ1v) is 2.96. The second kappa shape index (κ2) is 2.02. The van der Waals surface area contributed by atoms with Crippen LogP contribution in [-0.2, 0) is 0 Å². The summed E-state index contributed by atoms with van der Waals surface area (Å²) in [7, 11) is 0. The van der Waals surface area contributed by atoms with Gasteiger partial charge in [0, 0.05) is 5.75 Å². The molecule has 1 rings (SSSR count). The summed E-state index contributed by atoms with van der Waals surface area (Å²) in [5.74, 6) is 1.58. The Hall–Kier alpha value is -0.440. The molecule has 0 unspecified atom stereocenters. The average Bonchev–Trinajstić information content (AvgIpc) is 1.69. The van der Waals surface area contributed by atoms with E-state index in [2.05, 4.69) is 4.40 Å². The molecule has 3 heteroatoms. The largest absolute Gasteiger partial charge is 0.383 e. The van der Waals surface area contributed by atoms with E-state index >= 15 is 0 Å². The third-order valence-electron chi connectivity index (χ3n) is 0.629. The molecule has 0 spiro atoms. The zero-order valence-electron chi connectivity index (χ0n) is 3.79. The van der Waals surface area contributed by atoms with Crippen LogP contribution in [0.2, 0.25) is 0 Å². The highest BCUT2D eigenvalue weighted by Crippen LogP contribution is 2.05. The molecule has 2 nitrogen and oxygen atoms in total. The van der Waals surface area contributed by atoms with Gasteiger partial charge in [0.05, 0.1) is 0 Å². The number of hydrogen-bond donors (Lipinski definition) is 1. The average molecular weight is 114 g/mol. The maximum Gasteiger partial charge on any atom is 0.131 e. The Morgan fingerprint density at radius 2 is 2.71 bits per heavy atom. The zero-order valence-corrected chi connectivity index (χ0v) is 4.61. The van der Waals surface area contributed by atoms with Gasteiger partial charge < -0.3 is 5.73 Å². The smallest absolute Gasteiger partial charge is 0.131 e. The van der Waals surface area contributed by atoms with E-state index in [1.807, 2.05) is 12.2 Å². The van der Waals surface area contributed by atoms with E-state index < -0.39 is 0 Å². The van der Waals surface area contributed by atoms with Gasteiger partial charge in [-0.15, -0.1) is 0 Å². The molecule has 0 saturated carbocycles. The summed E-state index contributed by atoms with van der Waals surface area (Å²) >= 11 is 1.48. The van der Waals surface area contributed by atoms with Crippen molar-refractivity contribution in [1.82, 2.24) is 0 Å². The van der Waals surface area contributed by atoms with E-state index in [1.54, 1.807) is 0 Å². The number of amidine groups is 1. The van der Waals surface area contributed by atoms with Gasteiger partial charge in [0.15, 0.2) is 0 Å². The Balaban J connectivity index is 2.58. The second-order valence-electron chi connectivity index (χ2n) is 1.21. The molecule has 0 aliphatic carbocycles. The quantitative estimate of drug-likeness (QED) is 0.467. The highest BCUT2D eigenvalue weighted by atomic mass is 32.2. The van der Waals surface area contributed by atoms with E-state index in [1.165, 1.54) is 11.9 Å². The third kappa shape index (κ3) is 1.23. The fraction of sp³-hybridized carbons (Fsp3) is 0.250. The predicted molar refractivity (Wildman–Crippen MR) is 33.2 cm³/mol. The van der Waals surface area contributed by atoms with Gasteiger partial charge in [-0.1, -0.05) is 6.08 Å². The van der Waals surface area contributed by atoms with Crippen molar-refractivity contribution in [2.24, 2.45) is 10.1 Å². The van der Waals surface area contributed by atoms with Crippen LogP contribution in [0.5, 0.6) is 0 Å². The summed E-state index contributed by atoms with van der Waals surface area (Å²) in [4.78, 5) is 0. The molecule has 0 amide bonds. The standard InChI is InChI=1S/C4H6N2S/c5-4-2-1-3-7-6-4/h1-2H,3H2,(H2,5,6). The molecule has 38 valence electrons. The normalized spacial score (nSPS) is 19.1. The van der Waals surface area contributed by atoms with Gasteiger partial charge in [-0.05, 0) is 18.0 Å². The van der Waals surface area contributed by atoms with E-state index in [4.69, 9.17) is 5.73 Å². The molecule has 0 aromatic rings. The van der Waals surface area contributed by atoms with Crippen LogP contribution in [0.25, 0.3) is 0 Å². The van der Waals surface area contributed by atoms with Gasteiger partial charge in [0.2, 0.25) is 0 Å². The van der Waals surface area contributed by atoms with Crippen molar-refractivity contribution >= 4 is 17.8 Å². The summed E-state index contributed by atoms with van der Waals surface area (Å²) in [5, 5.41) is 0. The molecule has 1 heterocycles. The van der Waals surface area contributed by atoms with Crippen LogP contribution in [0.15, 0.2) is 16.5 Å². The number of hydrogen-bond acceptors (Lipinski definition) is 3. The molecule has 0 bridgehead atoms. The molecule has 2 N–H and O–H groups in total. The van der Waals surface area contributed by atoms with Crippen LogP contribution < -0.4 is 5.73 Å². The fourth-order valence-electron chi connectivity index (χ4n) is 0.354. The Labute approximate surface area is 46.6 Å². The third-order valence-corrected chi connectivity index (χ3v) is 1.31. The number of nitrogens with zero attached hydrogens (tertiary/aromatic N) is 1. The van der Waals surface area contributed by atoms with E-state index in [9.17, 15) is 0 Å². The van der Waals surface area contributed by atoms with Crippen LogP contribution in [0.3, 0.4) is 0 Å². The first kappa shape index (κ1) is 4.71. The molecular formula is C4H6N2S. The van der Waals surface area contributed by atoms with Crippen LogP contribution in [-0.4, -0.2) is 11.6 Å². The number of rotatable bonds is 0. The molecule has 0 fully saturated rings. The van der Waals surface area contributed by atoms with Crippen molar-refractivity contribution in [2.45, 2.75) is 0 Å². The molecule has 7 heavy (non-hydrogen) atoms. The van der Waals surface area contributed by atoms with E-state index in [0.717, 1.165) is 5.75 Å². The van der Waals surface area contributed by atoms with Gasteiger partial charge in [-0.25, -0.2) is 0 Å². The number of nitrogens with two attached hydrogens (primary N) is 1. The fourth-order valence-corrected chi connectivity index (χ4v) is 0.821. The van der Waals surface area contributed by atoms with Crippen molar-refractivity contribution in [1.29, 1.82) is 0 Å². The summed E-state index contributed by atoms with van der Waals surface area (Å²) in [6, 6.07) is 0. The van der Waals surface area contributed by atoms with Gasteiger partial charge in [-0.2, -0.15) is 4.40 Å². The minimum atomic E-state index is 0.622. The first-order valence-electron chi connectivity index (χ1n) is 2.01. The van der Waals surface area contributed by atoms with Crippen LogP contribution in [0, 0.1) is 0 Å². The van der Waals surface area contributed by atoms with Gasteiger partial charge >= 0.3 is 0 Å². The Morgan fingerprint density at radius 1 is 1.86 bits per heavy atom. The molecule has 0 atom stereocenters. The molecule has 1 aliphatic heterocycles. The first-order chi connectivity index (χ1) is 3.39. The molecular weight excluding hydrogens is 108 g/mol. The van der Waals surface area contributed by atoms with Gasteiger partial charge in [0.25, 0.3) is 0 Å². The lowest BCUT2D eigenvalue weighted by Crippen LogP contribution is -2.08. The van der Waals surface area contributed by atoms with Crippen LogP contribution in [0.1, 0.15) is 0 Å². The maximum atomic E-state index is 5.28. The minimum Gasteiger partial charge on any atom is -0.383 e. The highest BCUT2D eigenvalue weighted by molar-refractivity contribution is 7.98. The Morgan fingerprint density at radius 3 is 3.00 bits per heavy atom. The molecule has 0 saturated heterocycles. The lowest BCUT2D eigenvalue weighted by molar-refractivity contribution is 1.61. The van der Waals surface area contributed by atoms with Crippen molar-refractivity contribution in [3.05, 3.63) is 12.2 Å². The topological polar surface area (TPSA) is 38.4 Å². The monoisotopic (exact) mass is 114 g/mol. The van der Waals surface area contributed by atoms with Crippen LogP contribution in [0.4, 0.5) is 0 Å². The Bertz CT molecular complexity index is 117. The van der Waals surface area contributed by atoms with Gasteiger partial charge in [-0.3, -0.25) is 0 Å². The summed E-state index contributed by atoms with van der Waals surface area (Å²) in [5.41, 5.74) is 5.28. The zero-order chi connectivity index (χ0) is 5.11. The van der Waals surface area contributed by atoms with E-state index in [0.29, 0.717) is 5.84 Å². The summed E-state index contributed by atoms with van der Waals surface area (Å²) in [6.07, 6.45) is 3.81. The van der Waals surface area contributed by atoms with E-state index in [-0.39, 0.29) is 0 Å². The van der Waals surface area contributed by atoms with Crippen molar-refractivity contribution in [3.63, 3.8) is 0 Å². The molecule has 0 radical (unpaired) electrons. The van der Waals surface area contributed by atoms with Gasteiger partial charge in [0.1, 0.15) is 5.84 Å². The highest BCUT2D eigenvalue weighted by Gasteiger charge is 1.89. The van der Waals surface area contributed by atoms with Crippen molar-refractivity contribution in [3.8, 4) is 0 Å². The summed E-state index contributed by atoms with van der Waals surface area (Å²) in [6.45, 7) is 0.